The van der Waals surface area contributed by atoms with Crippen molar-refractivity contribution < 1.29 is 36.2 Å². The van der Waals surface area contributed by atoms with Crippen LogP contribution in [0.15, 0.2) is 43.0 Å². The Bertz CT molecular complexity index is 927. The highest BCUT2D eigenvalue weighted by Gasteiger charge is 2.74. The zero-order chi connectivity index (χ0) is 23.8. The van der Waals surface area contributed by atoms with E-state index >= 15 is 0 Å². The highest BCUT2D eigenvalue weighted by molar-refractivity contribution is 5.93. The quantitative estimate of drug-likeness (QED) is 0.456. The molecule has 0 bridgehead atoms. The first-order valence-electron chi connectivity index (χ1n) is 9.87. The number of benzene rings is 2. The minimum Gasteiger partial charge on any atom is -0.372 e. The summed E-state index contributed by atoms with van der Waals surface area (Å²) in [5.41, 5.74) is -4.67. The molecule has 0 aromatic heterocycles. The van der Waals surface area contributed by atoms with E-state index in [0.29, 0.717) is 18.1 Å². The molecule has 0 fully saturated rings. The van der Waals surface area contributed by atoms with Gasteiger partial charge in [-0.2, -0.15) is 26.3 Å². The van der Waals surface area contributed by atoms with Crippen LogP contribution in [0.25, 0.3) is 16.3 Å². The second-order valence-corrected chi connectivity index (χ2v) is 7.75. The fourth-order valence-corrected chi connectivity index (χ4v) is 3.87. The van der Waals surface area contributed by atoms with Crippen molar-refractivity contribution >= 4 is 16.3 Å². The van der Waals surface area contributed by atoms with Crippen molar-refractivity contribution in [2.45, 2.75) is 70.2 Å². The van der Waals surface area contributed by atoms with Crippen LogP contribution in [0.5, 0.6) is 0 Å². The van der Waals surface area contributed by atoms with Gasteiger partial charge in [-0.25, -0.2) is 0 Å². The van der Waals surface area contributed by atoms with E-state index in [1.165, 1.54) is 0 Å². The molecule has 0 aliphatic carbocycles. The predicted octanol–water partition coefficient (Wildman–Crippen LogP) is 7.15. The van der Waals surface area contributed by atoms with E-state index in [1.54, 1.807) is 45.0 Å². The van der Waals surface area contributed by atoms with Gasteiger partial charge in [-0.1, -0.05) is 50.3 Å². The van der Waals surface area contributed by atoms with E-state index in [9.17, 15) is 31.4 Å². The molecular weight excluding hydrogens is 422 g/mol. The van der Waals surface area contributed by atoms with Crippen LogP contribution < -0.4 is 0 Å². The molecule has 1 unspecified atom stereocenters. The Morgan fingerprint density at radius 1 is 1.00 bits per heavy atom. The average molecular weight is 448 g/mol. The molecule has 0 aliphatic heterocycles. The molecule has 172 valence electrons. The Morgan fingerprint density at radius 3 is 1.97 bits per heavy atom. The first-order valence-corrected chi connectivity index (χ1v) is 9.87. The molecule has 2 aromatic rings. The monoisotopic (exact) mass is 448 g/mol. The molecule has 0 amide bonds. The lowest BCUT2D eigenvalue weighted by atomic mass is 9.83. The Kier molecular flexibility index (Phi) is 6.88. The minimum absolute atomic E-state index is 0.0909. The van der Waals surface area contributed by atoms with Crippen molar-refractivity contribution in [1.82, 2.24) is 0 Å². The van der Waals surface area contributed by atoms with Crippen LogP contribution in [0.3, 0.4) is 0 Å². The molecule has 0 heterocycles. The van der Waals surface area contributed by atoms with E-state index in [1.807, 2.05) is 12.1 Å². The number of rotatable bonds is 7. The lowest BCUT2D eigenvalue weighted by molar-refractivity contribution is -0.400. The number of ether oxygens (including phenoxy) is 1. The fraction of sp³-hybridized carbons (Fsp3) is 0.478. The fourth-order valence-electron chi connectivity index (χ4n) is 3.87. The van der Waals surface area contributed by atoms with Crippen LogP contribution in [-0.4, -0.2) is 29.2 Å². The molecule has 8 heteroatoms. The number of halogens is 6. The molecule has 1 atom stereocenters. The molecule has 0 aliphatic rings. The summed E-state index contributed by atoms with van der Waals surface area (Å²) < 4.78 is 85.6. The van der Waals surface area contributed by atoms with E-state index in [4.69, 9.17) is 4.74 Å². The number of aliphatic hydroxyl groups is 1. The molecular formula is C23H26F6O2. The summed E-state index contributed by atoms with van der Waals surface area (Å²) in [5.74, 6) is 0. The molecule has 0 saturated carbocycles. The van der Waals surface area contributed by atoms with Gasteiger partial charge < -0.3 is 9.84 Å². The summed E-state index contributed by atoms with van der Waals surface area (Å²) in [4.78, 5) is 0. The van der Waals surface area contributed by atoms with Crippen molar-refractivity contribution in [3.63, 3.8) is 0 Å². The summed E-state index contributed by atoms with van der Waals surface area (Å²) in [6.45, 7) is 9.53. The SMILES string of the molecule is C=C(C)c1cc(C(CC)(CC)OC(C)C(O)(C(F)(F)F)C(F)(F)F)cc2ccccc12. The maximum absolute atomic E-state index is 13.4. The molecule has 0 radical (unpaired) electrons. The minimum atomic E-state index is -5.97. The van der Waals surface area contributed by atoms with Gasteiger partial charge in [0.2, 0.25) is 0 Å². The zero-order valence-electron chi connectivity index (χ0n) is 17.8. The van der Waals surface area contributed by atoms with Crippen LogP contribution >= 0.6 is 0 Å². The zero-order valence-corrected chi connectivity index (χ0v) is 17.8. The van der Waals surface area contributed by atoms with E-state index < -0.39 is 29.7 Å². The summed E-state index contributed by atoms with van der Waals surface area (Å²) in [5, 5.41) is 11.4. The van der Waals surface area contributed by atoms with Gasteiger partial charge in [0.05, 0.1) is 5.60 Å². The van der Waals surface area contributed by atoms with Crippen molar-refractivity contribution in [3.05, 3.63) is 54.1 Å². The maximum atomic E-state index is 13.4. The van der Waals surface area contributed by atoms with Crippen molar-refractivity contribution in [2.75, 3.05) is 0 Å². The van der Waals surface area contributed by atoms with Gasteiger partial charge in [-0.15, -0.1) is 0 Å². The molecule has 2 aromatic carbocycles. The molecule has 0 saturated heterocycles. The maximum Gasteiger partial charge on any atom is 0.428 e. The standard InChI is InChI=1S/C23H26F6O2/c1-6-20(7-2,31-15(5)21(30,22(24,25)26)23(27,28)29)17-12-16-10-8-9-11-18(16)19(13-17)14(3)4/h8-13,15,30H,3,6-7H2,1-2,4-5H3. The number of hydrogen-bond donors (Lipinski definition) is 1. The van der Waals surface area contributed by atoms with E-state index in [2.05, 4.69) is 6.58 Å². The summed E-state index contributed by atoms with van der Waals surface area (Å²) in [6.07, 6.45) is -14.4. The Hall–Kier alpha value is -2.06. The van der Waals surface area contributed by atoms with E-state index in [0.717, 1.165) is 16.3 Å². The molecule has 31 heavy (non-hydrogen) atoms. The van der Waals surface area contributed by atoms with Crippen molar-refractivity contribution in [1.29, 1.82) is 0 Å². The lowest BCUT2D eigenvalue weighted by Gasteiger charge is -2.43. The van der Waals surface area contributed by atoms with Gasteiger partial charge in [-0.3, -0.25) is 0 Å². The first kappa shape index (κ1) is 25.2. The third-order valence-electron chi connectivity index (χ3n) is 5.84. The molecule has 2 nitrogen and oxygen atoms in total. The van der Waals surface area contributed by atoms with Crippen LogP contribution in [-0.2, 0) is 10.3 Å². The summed E-state index contributed by atoms with van der Waals surface area (Å²) in [6, 6.07) is 10.6. The van der Waals surface area contributed by atoms with Gasteiger partial charge in [-0.05, 0) is 60.7 Å². The second kappa shape index (κ2) is 8.47. The first-order chi connectivity index (χ1) is 14.1. The number of hydrogen-bond acceptors (Lipinski definition) is 2. The van der Waals surface area contributed by atoms with E-state index in [-0.39, 0.29) is 12.8 Å². The summed E-state index contributed by atoms with van der Waals surface area (Å²) in [7, 11) is 0. The molecule has 2 rings (SSSR count). The van der Waals surface area contributed by atoms with Crippen molar-refractivity contribution in [2.24, 2.45) is 0 Å². The Morgan fingerprint density at radius 2 is 1.52 bits per heavy atom. The lowest BCUT2D eigenvalue weighted by Crippen LogP contribution is -2.65. The van der Waals surface area contributed by atoms with Crippen LogP contribution in [0.1, 0.15) is 51.7 Å². The smallest absolute Gasteiger partial charge is 0.372 e. The predicted molar refractivity (Wildman–Crippen MR) is 109 cm³/mol. The third-order valence-corrected chi connectivity index (χ3v) is 5.84. The number of allylic oxidation sites excluding steroid dienone is 1. The number of alkyl halides is 6. The largest absolute Gasteiger partial charge is 0.428 e. The van der Waals surface area contributed by atoms with Crippen LogP contribution in [0.4, 0.5) is 26.3 Å². The number of fused-ring (bicyclic) bond motifs is 1. The Balaban J connectivity index is 2.68. The van der Waals surface area contributed by atoms with Gasteiger partial charge in [0.25, 0.3) is 5.60 Å². The van der Waals surface area contributed by atoms with Crippen LogP contribution in [0.2, 0.25) is 0 Å². The second-order valence-electron chi connectivity index (χ2n) is 7.75. The Labute approximate surface area is 177 Å². The van der Waals surface area contributed by atoms with Crippen molar-refractivity contribution in [3.8, 4) is 0 Å². The van der Waals surface area contributed by atoms with Crippen LogP contribution in [0, 0.1) is 0 Å². The molecule has 0 spiro atoms. The van der Waals surface area contributed by atoms with Gasteiger partial charge in [0.15, 0.2) is 0 Å². The topological polar surface area (TPSA) is 29.5 Å². The summed E-state index contributed by atoms with van der Waals surface area (Å²) >= 11 is 0. The third kappa shape index (κ3) is 4.32. The van der Waals surface area contributed by atoms with Gasteiger partial charge >= 0.3 is 12.4 Å². The van der Waals surface area contributed by atoms with Gasteiger partial charge in [0.1, 0.15) is 6.10 Å². The highest BCUT2D eigenvalue weighted by Crippen LogP contribution is 2.49. The molecule has 1 N–H and O–H groups in total. The van der Waals surface area contributed by atoms with Gasteiger partial charge in [0, 0.05) is 0 Å². The highest BCUT2D eigenvalue weighted by atomic mass is 19.4. The normalized spacial score (nSPS) is 14.7. The average Bonchev–Trinajstić information content (AvgIpc) is 2.68.